The van der Waals surface area contributed by atoms with E-state index in [0.717, 1.165) is 6.04 Å². The van der Waals surface area contributed by atoms with E-state index in [1.165, 1.54) is 74.9 Å². The van der Waals surface area contributed by atoms with E-state index in [1.54, 1.807) is 4.88 Å². The lowest BCUT2D eigenvalue weighted by molar-refractivity contribution is 0.132. The Balaban J connectivity index is 1.64. The molecule has 0 spiro atoms. The summed E-state index contributed by atoms with van der Waals surface area (Å²) >= 11 is 2.04. The highest BCUT2D eigenvalue weighted by molar-refractivity contribution is 7.11. The monoisotopic (exact) mass is 304 g/mol. The molecule has 0 unspecified atom stereocenters. The Morgan fingerprint density at radius 3 is 2.43 bits per heavy atom. The van der Waals surface area contributed by atoms with E-state index in [2.05, 4.69) is 19.2 Å². The second-order valence-electron chi connectivity index (χ2n) is 8.26. The van der Waals surface area contributed by atoms with E-state index in [4.69, 9.17) is 4.98 Å². The van der Waals surface area contributed by atoms with E-state index in [1.807, 2.05) is 11.3 Å². The summed E-state index contributed by atoms with van der Waals surface area (Å²) in [4.78, 5) is 6.73. The first kappa shape index (κ1) is 14.2. The van der Waals surface area contributed by atoms with Crippen LogP contribution in [0.1, 0.15) is 80.8 Å². The molecule has 0 amide bonds. The highest BCUT2D eigenvalue weighted by Gasteiger charge is 2.44. The van der Waals surface area contributed by atoms with Crippen LogP contribution >= 0.6 is 11.3 Å². The first-order chi connectivity index (χ1) is 10.1. The van der Waals surface area contributed by atoms with Gasteiger partial charge in [-0.1, -0.05) is 13.8 Å². The van der Waals surface area contributed by atoms with E-state index in [-0.39, 0.29) is 5.54 Å². The van der Waals surface area contributed by atoms with Crippen molar-refractivity contribution < 1.29 is 0 Å². The summed E-state index contributed by atoms with van der Waals surface area (Å²) in [7, 11) is 0. The molecule has 2 saturated carbocycles. The molecule has 2 fully saturated rings. The zero-order valence-electron chi connectivity index (χ0n) is 13.5. The van der Waals surface area contributed by atoms with Gasteiger partial charge in [-0.05, 0) is 69.6 Å². The molecule has 1 N–H and O–H groups in total. The molecule has 1 aromatic heterocycles. The van der Waals surface area contributed by atoms with Crippen LogP contribution in [-0.2, 0) is 18.4 Å². The maximum absolute atomic E-state index is 5.13. The van der Waals surface area contributed by atoms with Crippen molar-refractivity contribution in [2.45, 2.75) is 89.6 Å². The Hall–Kier alpha value is -0.410. The minimum atomic E-state index is 0.207. The predicted octanol–water partition coefficient (Wildman–Crippen LogP) is 4.57. The van der Waals surface area contributed by atoms with Gasteiger partial charge >= 0.3 is 0 Å². The van der Waals surface area contributed by atoms with Crippen molar-refractivity contribution in [3.05, 3.63) is 15.6 Å². The Morgan fingerprint density at radius 2 is 1.76 bits per heavy atom. The first-order valence-corrected chi connectivity index (χ1v) is 9.65. The smallest absolute Gasteiger partial charge is 0.113 e. The number of nitrogens with zero attached hydrogens (tertiary/aromatic N) is 1. The van der Waals surface area contributed by atoms with Gasteiger partial charge in [-0.25, -0.2) is 4.98 Å². The van der Waals surface area contributed by atoms with Crippen molar-refractivity contribution >= 4 is 11.3 Å². The van der Waals surface area contributed by atoms with Crippen molar-refractivity contribution in [1.29, 1.82) is 0 Å². The minimum absolute atomic E-state index is 0.207. The second kappa shape index (κ2) is 5.06. The van der Waals surface area contributed by atoms with Gasteiger partial charge in [0.25, 0.3) is 0 Å². The number of hydrogen-bond acceptors (Lipinski definition) is 3. The molecule has 3 aliphatic rings. The van der Waals surface area contributed by atoms with Crippen LogP contribution in [0.3, 0.4) is 0 Å². The molecule has 0 bridgehead atoms. The molecule has 4 rings (SSSR count). The van der Waals surface area contributed by atoms with Gasteiger partial charge in [-0.15, -0.1) is 11.3 Å². The van der Waals surface area contributed by atoms with Crippen molar-refractivity contribution in [2.24, 2.45) is 5.41 Å². The number of rotatable bonds is 3. The molecule has 3 aliphatic carbocycles. The van der Waals surface area contributed by atoms with Crippen molar-refractivity contribution in [2.75, 3.05) is 0 Å². The number of hydrogen-bond donors (Lipinski definition) is 1. The predicted molar refractivity (Wildman–Crippen MR) is 88.8 cm³/mol. The molecule has 1 heterocycles. The Labute approximate surface area is 132 Å². The van der Waals surface area contributed by atoms with Gasteiger partial charge in [-0.2, -0.15) is 0 Å². The van der Waals surface area contributed by atoms with Crippen molar-refractivity contribution in [1.82, 2.24) is 10.3 Å². The average molecular weight is 305 g/mol. The summed E-state index contributed by atoms with van der Waals surface area (Å²) in [6.07, 6.45) is 13.2. The third kappa shape index (κ3) is 2.79. The SMILES string of the molecule is CC1(C)CCC(NC2CC2)(c2nc3c(s2)CCCC3)CC1. The van der Waals surface area contributed by atoms with Gasteiger partial charge in [0, 0.05) is 10.9 Å². The summed E-state index contributed by atoms with van der Waals surface area (Å²) in [6, 6.07) is 0.771. The maximum atomic E-state index is 5.13. The molecule has 0 atom stereocenters. The summed E-state index contributed by atoms with van der Waals surface area (Å²) < 4.78 is 0. The molecule has 2 nitrogen and oxygen atoms in total. The quantitative estimate of drug-likeness (QED) is 0.885. The lowest BCUT2D eigenvalue weighted by Gasteiger charge is -2.43. The van der Waals surface area contributed by atoms with Crippen LogP contribution < -0.4 is 5.32 Å². The van der Waals surface area contributed by atoms with Crippen LogP contribution in [0.4, 0.5) is 0 Å². The van der Waals surface area contributed by atoms with Crippen LogP contribution in [-0.4, -0.2) is 11.0 Å². The summed E-state index contributed by atoms with van der Waals surface area (Å²) in [5.74, 6) is 0. The number of thiazole rings is 1. The maximum Gasteiger partial charge on any atom is 0.113 e. The zero-order valence-corrected chi connectivity index (χ0v) is 14.3. The molecule has 0 radical (unpaired) electrons. The Morgan fingerprint density at radius 1 is 1.05 bits per heavy atom. The van der Waals surface area contributed by atoms with E-state index in [0.29, 0.717) is 5.41 Å². The average Bonchev–Trinajstić information content (AvgIpc) is 3.16. The molecule has 0 saturated heterocycles. The van der Waals surface area contributed by atoms with Crippen LogP contribution in [0.15, 0.2) is 0 Å². The van der Waals surface area contributed by atoms with Crippen LogP contribution in [0, 0.1) is 5.41 Å². The van der Waals surface area contributed by atoms with Gasteiger partial charge in [0.05, 0.1) is 11.2 Å². The number of aryl methyl sites for hydroxylation is 2. The summed E-state index contributed by atoms with van der Waals surface area (Å²) in [5.41, 5.74) is 2.16. The Kier molecular flexibility index (Phi) is 3.42. The van der Waals surface area contributed by atoms with Gasteiger partial charge in [0.1, 0.15) is 5.01 Å². The molecular formula is C18H28N2S. The number of aromatic nitrogens is 1. The highest BCUT2D eigenvalue weighted by atomic mass is 32.1. The molecule has 116 valence electrons. The van der Waals surface area contributed by atoms with E-state index in [9.17, 15) is 0 Å². The third-order valence-corrected chi connectivity index (χ3v) is 7.13. The van der Waals surface area contributed by atoms with E-state index < -0.39 is 0 Å². The lowest BCUT2D eigenvalue weighted by Crippen LogP contribution is -2.47. The van der Waals surface area contributed by atoms with Crippen molar-refractivity contribution in [3.63, 3.8) is 0 Å². The van der Waals surface area contributed by atoms with Crippen LogP contribution in [0.2, 0.25) is 0 Å². The lowest BCUT2D eigenvalue weighted by atomic mass is 9.69. The topological polar surface area (TPSA) is 24.9 Å². The zero-order chi connectivity index (χ0) is 14.5. The standard InChI is InChI=1S/C18H28N2S/c1-17(2)9-11-18(12-10-17,20-13-7-8-13)16-19-14-5-3-4-6-15(14)21-16/h13,20H,3-12H2,1-2H3. The van der Waals surface area contributed by atoms with Crippen molar-refractivity contribution in [3.8, 4) is 0 Å². The normalized spacial score (nSPS) is 27.3. The third-order valence-electron chi connectivity index (χ3n) is 5.77. The molecule has 1 aromatic rings. The fourth-order valence-corrected chi connectivity index (χ4v) is 5.31. The molecule has 0 aliphatic heterocycles. The minimum Gasteiger partial charge on any atom is -0.303 e. The summed E-state index contributed by atoms with van der Waals surface area (Å²) in [6.45, 7) is 4.86. The highest BCUT2D eigenvalue weighted by Crippen LogP contribution is 2.48. The van der Waals surface area contributed by atoms with E-state index >= 15 is 0 Å². The Bertz CT molecular complexity index is 494. The van der Waals surface area contributed by atoms with Crippen LogP contribution in [0.25, 0.3) is 0 Å². The number of nitrogens with one attached hydrogen (secondary N) is 1. The van der Waals surface area contributed by atoms with Gasteiger partial charge in [0.2, 0.25) is 0 Å². The molecule has 0 aromatic carbocycles. The van der Waals surface area contributed by atoms with Gasteiger partial charge < -0.3 is 5.32 Å². The molecule has 21 heavy (non-hydrogen) atoms. The fraction of sp³-hybridized carbons (Fsp3) is 0.833. The second-order valence-corrected chi connectivity index (χ2v) is 9.34. The summed E-state index contributed by atoms with van der Waals surface area (Å²) in [5, 5.41) is 5.45. The van der Waals surface area contributed by atoms with Gasteiger partial charge in [-0.3, -0.25) is 0 Å². The first-order valence-electron chi connectivity index (χ1n) is 8.83. The van der Waals surface area contributed by atoms with Gasteiger partial charge in [0.15, 0.2) is 0 Å². The molecular weight excluding hydrogens is 276 g/mol. The largest absolute Gasteiger partial charge is 0.303 e. The molecule has 3 heteroatoms. The fourth-order valence-electron chi connectivity index (χ4n) is 3.95. The number of fused-ring (bicyclic) bond motifs is 1. The van der Waals surface area contributed by atoms with Crippen LogP contribution in [0.5, 0.6) is 0 Å².